The van der Waals surface area contributed by atoms with Gasteiger partial charge in [0, 0.05) is 0 Å². The maximum Gasteiger partial charge on any atom is 2.00 e. The molecule has 6 aromatic carbocycles. The number of carbonyl (C=O) groups excluding carboxylic acids is 1. The third kappa shape index (κ3) is 13.6. The van der Waals surface area contributed by atoms with Gasteiger partial charge in [-0.2, -0.15) is 0 Å². The van der Waals surface area contributed by atoms with Gasteiger partial charge in [0.25, 0.3) is 0 Å². The number of esters is 1. The average molecular weight is 779 g/mol. The summed E-state index contributed by atoms with van der Waals surface area (Å²) >= 11 is 0. The van der Waals surface area contributed by atoms with Crippen molar-refractivity contribution in [2.24, 2.45) is 0 Å². The number of hydrogen-bond acceptors (Lipinski definition) is 2. The van der Waals surface area contributed by atoms with Gasteiger partial charge in [-0.25, -0.2) is 5.92 Å². The van der Waals surface area contributed by atoms with Crippen LogP contribution in [0.5, 0.6) is 0 Å². The van der Waals surface area contributed by atoms with E-state index in [0.29, 0.717) is 0 Å². The number of benzene rings is 6. The van der Waals surface area contributed by atoms with Crippen LogP contribution in [0.4, 0.5) is 0 Å². The normalized spacial score (nSPS) is 11.2. The van der Waals surface area contributed by atoms with Gasteiger partial charge in [0.2, 0.25) is 5.97 Å². The molecular weight excluding hydrogens is 736 g/mol. The van der Waals surface area contributed by atoms with Crippen molar-refractivity contribution in [3.63, 3.8) is 0 Å². The van der Waals surface area contributed by atoms with Crippen molar-refractivity contribution < 1.29 is 29.0 Å². The summed E-state index contributed by atoms with van der Waals surface area (Å²) in [6, 6.07) is 64.7. The first-order valence-electron chi connectivity index (χ1n) is 16.6. The Hall–Kier alpha value is -4.17. The second-order valence-corrected chi connectivity index (χ2v) is 15.5. The van der Waals surface area contributed by atoms with Gasteiger partial charge in [-0.3, -0.25) is 0 Å². The van der Waals surface area contributed by atoms with E-state index in [1.165, 1.54) is 77.0 Å². The van der Waals surface area contributed by atoms with Gasteiger partial charge < -0.3 is 16.0 Å². The third-order valence-corrected chi connectivity index (χ3v) is 12.5. The molecule has 0 radical (unpaired) electrons. The molecule has 0 aromatic heterocycles. The van der Waals surface area contributed by atoms with E-state index in [9.17, 15) is 4.79 Å². The molecule has 0 aliphatic heterocycles. The monoisotopic (exact) mass is 779 g/mol. The predicted octanol–water partition coefficient (Wildman–Crippen LogP) is 8.59. The van der Waals surface area contributed by atoms with Crippen molar-refractivity contribution >= 4 is 53.6 Å². The molecule has 50 heavy (non-hydrogen) atoms. The number of ether oxygens (including phenoxy) is 1. The zero-order valence-electron chi connectivity index (χ0n) is 28.4. The van der Waals surface area contributed by atoms with Crippen LogP contribution in [0.3, 0.4) is 0 Å². The van der Waals surface area contributed by atoms with E-state index in [4.69, 9.17) is 6.42 Å². The minimum absolute atomic E-state index is 0. The summed E-state index contributed by atoms with van der Waals surface area (Å²) < 4.78 is 3.96. The summed E-state index contributed by atoms with van der Waals surface area (Å²) in [7, 11) is 0.306. The first-order valence-corrected chi connectivity index (χ1v) is 19.3. The molecule has 0 saturated heterocycles. The molecular formula is C45H43O2P2Ru+. The van der Waals surface area contributed by atoms with Gasteiger partial charge in [-0.05, 0) is 47.7 Å². The molecule has 0 bridgehead atoms. The Kier molecular flexibility index (Phi) is 19.4. The average Bonchev–Trinajstić information content (AvgIpc) is 3.79. The Morgan fingerprint density at radius 2 is 0.620 bits per heavy atom. The number of carbonyl (C=O) groups is 1. The number of hydrogen-bond donors (Lipinski definition) is 0. The van der Waals surface area contributed by atoms with Gasteiger partial charge in [0.05, 0.1) is 7.11 Å². The van der Waals surface area contributed by atoms with Crippen LogP contribution < -0.4 is 31.8 Å². The van der Waals surface area contributed by atoms with Gasteiger partial charge in [0.1, 0.15) is 0 Å². The van der Waals surface area contributed by atoms with E-state index in [0.717, 1.165) is 0 Å². The first-order chi connectivity index (χ1) is 24.2. The van der Waals surface area contributed by atoms with E-state index in [1.54, 1.807) is 0 Å². The van der Waals surface area contributed by atoms with Crippen molar-refractivity contribution in [3.8, 4) is 5.92 Å². The van der Waals surface area contributed by atoms with Crippen molar-refractivity contribution in [2.75, 3.05) is 7.11 Å². The molecule has 2 nitrogen and oxygen atoms in total. The molecule has 5 heteroatoms. The molecule has 6 aromatic rings. The van der Waals surface area contributed by atoms with Crippen molar-refractivity contribution in [2.45, 2.75) is 32.1 Å². The van der Waals surface area contributed by atoms with Crippen LogP contribution in [0.2, 0.25) is 0 Å². The fourth-order valence-corrected chi connectivity index (χ4v) is 9.90. The zero-order chi connectivity index (χ0) is 34.4. The summed E-state index contributed by atoms with van der Waals surface area (Å²) in [6.07, 6.45) is 13.6. The van der Waals surface area contributed by atoms with Crippen LogP contribution in [-0.2, 0) is 29.0 Å². The van der Waals surface area contributed by atoms with Crippen LogP contribution in [0.15, 0.2) is 182 Å². The number of rotatable bonds is 6. The summed E-state index contributed by atoms with van der Waals surface area (Å²) in [6.45, 7) is 0. The molecule has 1 saturated carbocycles. The van der Waals surface area contributed by atoms with Crippen LogP contribution in [0.1, 0.15) is 32.1 Å². The van der Waals surface area contributed by atoms with Crippen LogP contribution in [0, 0.1) is 12.3 Å². The standard InChI is InChI=1S/2C18H15P.C5H10.C4H3O2.Ru/c2*1-4-10-16(11-5-1)19(17-12-6-2-7-13-17)18-14-8-3-9-15-18;1-2-4-5-3-1;1-3-4(5)6-2;/h2*1-15H;1-5H2;2H3;/q;;;-1;+2. The van der Waals surface area contributed by atoms with E-state index in [2.05, 4.69) is 187 Å². The number of methoxy groups -OCH3 is 1. The maximum atomic E-state index is 9.66. The first kappa shape index (κ1) is 40.3. The van der Waals surface area contributed by atoms with Crippen LogP contribution in [0.25, 0.3) is 0 Å². The molecule has 7 rings (SSSR count). The Bertz CT molecular complexity index is 1460. The van der Waals surface area contributed by atoms with Crippen molar-refractivity contribution in [1.29, 1.82) is 0 Å². The van der Waals surface area contributed by atoms with Crippen molar-refractivity contribution in [1.82, 2.24) is 0 Å². The smallest absolute Gasteiger partial charge is 0.544 e. The molecule has 0 N–H and O–H groups in total. The molecule has 0 spiro atoms. The fourth-order valence-electron chi connectivity index (χ4n) is 5.29. The van der Waals surface area contributed by atoms with E-state index in [-0.39, 0.29) is 19.5 Å². The van der Waals surface area contributed by atoms with E-state index in [1.807, 2.05) is 0 Å². The largest absolute Gasteiger partial charge is 2.00 e. The Balaban J connectivity index is 0.000000205. The third-order valence-electron chi connectivity index (χ3n) is 7.62. The SMILES string of the molecule is C1CCCC1.[C-]#CC(=O)OC.[Ru+2].c1ccc(P(c2ccccc2)c2ccccc2)cc1.c1ccc(P(c2ccccc2)c2ccccc2)cc1. The van der Waals surface area contributed by atoms with Gasteiger partial charge in [-0.1, -0.05) is 214 Å². The zero-order valence-corrected chi connectivity index (χ0v) is 31.9. The predicted molar refractivity (Wildman–Crippen MR) is 213 cm³/mol. The maximum absolute atomic E-state index is 9.66. The van der Waals surface area contributed by atoms with E-state index < -0.39 is 21.8 Å². The molecule has 1 aliphatic rings. The molecule has 0 atom stereocenters. The fraction of sp³-hybridized carbons (Fsp3) is 0.133. The van der Waals surface area contributed by atoms with Gasteiger partial charge in [0.15, 0.2) is 0 Å². The van der Waals surface area contributed by atoms with Gasteiger partial charge in [-0.15, -0.1) is 0 Å². The Labute approximate surface area is 314 Å². The summed E-state index contributed by atoms with van der Waals surface area (Å²) in [5.74, 6) is 0.763. The second kappa shape index (κ2) is 24.1. The Morgan fingerprint density at radius 3 is 0.740 bits per heavy atom. The molecule has 0 unspecified atom stereocenters. The summed E-state index contributed by atoms with van der Waals surface area (Å²) in [4.78, 5) is 9.66. The quantitative estimate of drug-likeness (QED) is 0.0557. The molecule has 0 amide bonds. The minimum Gasteiger partial charge on any atom is -0.544 e. The minimum atomic E-state index is -0.741. The molecule has 252 valence electrons. The summed E-state index contributed by atoms with van der Waals surface area (Å²) in [5.41, 5.74) is 0. The second-order valence-electron chi connectivity index (χ2n) is 11.1. The van der Waals surface area contributed by atoms with Crippen LogP contribution >= 0.6 is 15.8 Å². The molecule has 1 aliphatic carbocycles. The molecule has 0 heterocycles. The van der Waals surface area contributed by atoms with Crippen LogP contribution in [-0.4, -0.2) is 13.1 Å². The summed E-state index contributed by atoms with van der Waals surface area (Å²) in [5, 5.41) is 8.39. The molecule has 1 fully saturated rings. The Morgan fingerprint density at radius 1 is 0.440 bits per heavy atom. The van der Waals surface area contributed by atoms with Crippen molar-refractivity contribution in [3.05, 3.63) is 188 Å². The topological polar surface area (TPSA) is 26.3 Å². The van der Waals surface area contributed by atoms with Gasteiger partial charge >= 0.3 is 19.5 Å². The van der Waals surface area contributed by atoms with E-state index >= 15 is 0 Å².